The largest absolute Gasteiger partial charge is 0.478 e. The summed E-state index contributed by atoms with van der Waals surface area (Å²) in [7, 11) is -3.94. The number of hydrogen-bond acceptors (Lipinski definition) is 3. The number of hydrogen-bond donors (Lipinski definition) is 1. The predicted molar refractivity (Wildman–Crippen MR) is 75.2 cm³/mol. The Bertz CT molecular complexity index is 638. The fourth-order valence-corrected chi connectivity index (χ4v) is 4.53. The first-order valence-corrected chi connectivity index (χ1v) is 8.36. The summed E-state index contributed by atoms with van der Waals surface area (Å²) in [6.07, 6.45) is 3.50. The second-order valence-corrected chi connectivity index (χ2v) is 6.96. The molecule has 1 aliphatic rings. The second-order valence-electron chi connectivity index (χ2n) is 5.10. The van der Waals surface area contributed by atoms with Crippen LogP contribution in [0.3, 0.4) is 0 Å². The van der Waals surface area contributed by atoms with E-state index in [-0.39, 0.29) is 18.2 Å². The van der Waals surface area contributed by atoms with E-state index in [2.05, 4.69) is 0 Å². The van der Waals surface area contributed by atoms with Crippen LogP contribution in [-0.2, 0) is 10.0 Å². The Kier molecular flexibility index (Phi) is 4.63. The van der Waals surface area contributed by atoms with Gasteiger partial charge >= 0.3 is 5.97 Å². The van der Waals surface area contributed by atoms with Crippen molar-refractivity contribution < 1.29 is 22.7 Å². The van der Waals surface area contributed by atoms with E-state index in [9.17, 15) is 17.6 Å². The van der Waals surface area contributed by atoms with Crippen LogP contribution in [0.4, 0.5) is 4.39 Å². The molecule has 0 heterocycles. The van der Waals surface area contributed by atoms with Crippen LogP contribution in [0.2, 0.25) is 0 Å². The van der Waals surface area contributed by atoms with Crippen LogP contribution < -0.4 is 0 Å². The zero-order valence-corrected chi connectivity index (χ0v) is 12.6. The molecule has 1 aromatic rings. The van der Waals surface area contributed by atoms with Crippen molar-refractivity contribution in [3.05, 3.63) is 29.6 Å². The SMILES string of the molecule is CCN(C1CCCC1)S(=O)(=O)c1ccc(C(=O)O)cc1F. The van der Waals surface area contributed by atoms with E-state index in [1.165, 1.54) is 4.31 Å². The average molecular weight is 315 g/mol. The summed E-state index contributed by atoms with van der Waals surface area (Å²) in [5.74, 6) is -2.31. The van der Waals surface area contributed by atoms with Crippen molar-refractivity contribution in [3.63, 3.8) is 0 Å². The van der Waals surface area contributed by atoms with Gasteiger partial charge in [-0.2, -0.15) is 4.31 Å². The van der Waals surface area contributed by atoms with Crippen LogP contribution in [0.1, 0.15) is 43.0 Å². The van der Waals surface area contributed by atoms with Crippen molar-refractivity contribution in [1.82, 2.24) is 4.31 Å². The third-order valence-electron chi connectivity index (χ3n) is 3.81. The molecule has 1 fully saturated rings. The molecule has 116 valence electrons. The van der Waals surface area contributed by atoms with Crippen molar-refractivity contribution in [2.75, 3.05) is 6.54 Å². The molecule has 0 amide bonds. The van der Waals surface area contributed by atoms with Crippen LogP contribution in [0, 0.1) is 5.82 Å². The molecular weight excluding hydrogens is 297 g/mol. The van der Waals surface area contributed by atoms with Gasteiger partial charge in [0.1, 0.15) is 10.7 Å². The molecule has 1 saturated carbocycles. The van der Waals surface area contributed by atoms with Crippen LogP contribution >= 0.6 is 0 Å². The third-order valence-corrected chi connectivity index (χ3v) is 5.87. The summed E-state index contributed by atoms with van der Waals surface area (Å²) < 4.78 is 40.5. The topological polar surface area (TPSA) is 74.7 Å². The summed E-state index contributed by atoms with van der Waals surface area (Å²) in [5.41, 5.74) is -0.268. The Labute approximate surface area is 123 Å². The summed E-state index contributed by atoms with van der Waals surface area (Å²) in [5, 5.41) is 8.80. The van der Waals surface area contributed by atoms with E-state index in [0.29, 0.717) is 0 Å². The van der Waals surface area contributed by atoms with Crippen LogP contribution in [0.15, 0.2) is 23.1 Å². The van der Waals surface area contributed by atoms with E-state index in [1.807, 2.05) is 0 Å². The molecule has 0 aromatic heterocycles. The molecule has 1 aromatic carbocycles. The maximum atomic E-state index is 14.0. The van der Waals surface area contributed by atoms with Crippen molar-refractivity contribution in [1.29, 1.82) is 0 Å². The van der Waals surface area contributed by atoms with Crippen LogP contribution in [0.5, 0.6) is 0 Å². The molecule has 0 bridgehead atoms. The summed E-state index contributed by atoms with van der Waals surface area (Å²) in [4.78, 5) is 10.3. The minimum Gasteiger partial charge on any atom is -0.478 e. The van der Waals surface area contributed by atoms with Gasteiger partial charge < -0.3 is 5.11 Å². The lowest BCUT2D eigenvalue weighted by Crippen LogP contribution is -2.39. The molecule has 1 N–H and O–H groups in total. The highest BCUT2D eigenvalue weighted by Gasteiger charge is 2.33. The van der Waals surface area contributed by atoms with Gasteiger partial charge in [0.15, 0.2) is 0 Å². The first kappa shape index (κ1) is 15.9. The fraction of sp³-hybridized carbons (Fsp3) is 0.500. The molecule has 2 rings (SSSR count). The number of nitrogens with zero attached hydrogens (tertiary/aromatic N) is 1. The molecule has 7 heteroatoms. The minimum absolute atomic E-state index is 0.0986. The Balaban J connectivity index is 2.40. The maximum absolute atomic E-state index is 14.0. The number of carboxylic acids is 1. The summed E-state index contributed by atoms with van der Waals surface area (Å²) >= 11 is 0. The molecule has 0 atom stereocenters. The Morgan fingerprint density at radius 3 is 2.48 bits per heavy atom. The van der Waals surface area contributed by atoms with Gasteiger partial charge in [-0.1, -0.05) is 19.8 Å². The first-order valence-electron chi connectivity index (χ1n) is 6.92. The molecular formula is C14H18FNO4S. The Hall–Kier alpha value is -1.47. The van der Waals surface area contributed by atoms with E-state index in [0.717, 1.165) is 43.9 Å². The highest BCUT2D eigenvalue weighted by molar-refractivity contribution is 7.89. The highest BCUT2D eigenvalue weighted by atomic mass is 32.2. The fourth-order valence-electron chi connectivity index (χ4n) is 2.79. The van der Waals surface area contributed by atoms with Crippen molar-refractivity contribution in [3.8, 4) is 0 Å². The smallest absolute Gasteiger partial charge is 0.335 e. The number of benzene rings is 1. The zero-order chi connectivity index (χ0) is 15.6. The molecule has 1 aliphatic carbocycles. The highest BCUT2D eigenvalue weighted by Crippen LogP contribution is 2.29. The van der Waals surface area contributed by atoms with Crippen LogP contribution in [0.25, 0.3) is 0 Å². The number of rotatable bonds is 5. The van der Waals surface area contributed by atoms with Gasteiger partial charge in [0.05, 0.1) is 5.56 Å². The minimum atomic E-state index is -3.94. The first-order chi connectivity index (χ1) is 9.87. The monoisotopic (exact) mass is 315 g/mol. The molecule has 0 aliphatic heterocycles. The van der Waals surface area contributed by atoms with Crippen molar-refractivity contribution in [2.45, 2.75) is 43.5 Å². The summed E-state index contributed by atoms with van der Waals surface area (Å²) in [6, 6.07) is 2.79. The van der Waals surface area contributed by atoms with E-state index < -0.39 is 26.7 Å². The number of carboxylic acid groups (broad SMARTS) is 1. The van der Waals surface area contributed by atoms with Gasteiger partial charge in [-0.3, -0.25) is 0 Å². The molecule has 0 unspecified atom stereocenters. The number of aromatic carboxylic acids is 1. The number of carbonyl (C=O) groups is 1. The maximum Gasteiger partial charge on any atom is 0.335 e. The van der Waals surface area contributed by atoms with E-state index in [1.54, 1.807) is 6.92 Å². The van der Waals surface area contributed by atoms with Gasteiger partial charge in [0.25, 0.3) is 0 Å². The Morgan fingerprint density at radius 2 is 2.00 bits per heavy atom. The van der Waals surface area contributed by atoms with E-state index >= 15 is 0 Å². The molecule has 5 nitrogen and oxygen atoms in total. The summed E-state index contributed by atoms with van der Waals surface area (Å²) in [6.45, 7) is 1.99. The van der Waals surface area contributed by atoms with Gasteiger partial charge in [0, 0.05) is 12.6 Å². The number of sulfonamides is 1. The quantitative estimate of drug-likeness (QED) is 0.906. The molecule has 0 spiro atoms. The van der Waals surface area contributed by atoms with Crippen molar-refractivity contribution >= 4 is 16.0 Å². The zero-order valence-electron chi connectivity index (χ0n) is 11.8. The van der Waals surface area contributed by atoms with Crippen molar-refractivity contribution in [2.24, 2.45) is 0 Å². The third kappa shape index (κ3) is 3.08. The van der Waals surface area contributed by atoms with Crippen LogP contribution in [-0.4, -0.2) is 36.4 Å². The number of halogens is 1. The lowest BCUT2D eigenvalue weighted by atomic mass is 10.2. The van der Waals surface area contributed by atoms with Gasteiger partial charge in [0.2, 0.25) is 10.0 Å². The Morgan fingerprint density at radius 1 is 1.38 bits per heavy atom. The second kappa shape index (κ2) is 6.11. The van der Waals surface area contributed by atoms with Gasteiger partial charge in [-0.15, -0.1) is 0 Å². The molecule has 0 saturated heterocycles. The predicted octanol–water partition coefficient (Wildman–Crippen LogP) is 2.48. The average Bonchev–Trinajstić information content (AvgIpc) is 2.92. The van der Waals surface area contributed by atoms with E-state index in [4.69, 9.17) is 5.11 Å². The standard InChI is InChI=1S/C14H18FNO4S/c1-2-16(11-5-3-4-6-11)21(19,20)13-8-7-10(14(17)18)9-12(13)15/h7-9,11H,2-6H2,1H3,(H,17,18). The van der Waals surface area contributed by atoms with Gasteiger partial charge in [-0.25, -0.2) is 17.6 Å². The normalized spacial score (nSPS) is 16.5. The van der Waals surface area contributed by atoms with Gasteiger partial charge in [-0.05, 0) is 31.0 Å². The molecule has 0 radical (unpaired) electrons. The lowest BCUT2D eigenvalue weighted by molar-refractivity contribution is 0.0696. The molecule has 21 heavy (non-hydrogen) atoms. The lowest BCUT2D eigenvalue weighted by Gasteiger charge is -2.26.